The molecule has 3 nitrogen and oxygen atoms in total. The highest BCUT2D eigenvalue weighted by molar-refractivity contribution is 9.10. The van der Waals surface area contributed by atoms with E-state index < -0.39 is 0 Å². The van der Waals surface area contributed by atoms with E-state index in [1.807, 2.05) is 6.07 Å². The van der Waals surface area contributed by atoms with Crippen LogP contribution in [0.2, 0.25) is 0 Å². The van der Waals surface area contributed by atoms with Crippen LogP contribution < -0.4 is 15.4 Å². The number of aryl methyl sites for hydroxylation is 1. The molecule has 1 aliphatic heterocycles. The standard InChI is InChI=1S/C14H21BrN2O/c1-10-8-11(15)9-13(18-2)14(10)17-12-4-3-6-16-7-5-12/h8-9,12,16-17H,3-7H2,1-2H3. The van der Waals surface area contributed by atoms with Gasteiger partial charge >= 0.3 is 0 Å². The maximum Gasteiger partial charge on any atom is 0.143 e. The minimum Gasteiger partial charge on any atom is -0.495 e. The van der Waals surface area contributed by atoms with Crippen molar-refractivity contribution >= 4 is 21.6 Å². The van der Waals surface area contributed by atoms with Crippen molar-refractivity contribution in [3.05, 3.63) is 22.2 Å². The van der Waals surface area contributed by atoms with Crippen LogP contribution in [0.3, 0.4) is 0 Å². The third-order valence-electron chi connectivity index (χ3n) is 3.41. The van der Waals surface area contributed by atoms with Gasteiger partial charge in [0, 0.05) is 10.5 Å². The molecule has 1 unspecified atom stereocenters. The molecule has 100 valence electrons. The molecular formula is C14H21BrN2O. The molecule has 1 saturated heterocycles. The lowest BCUT2D eigenvalue weighted by Gasteiger charge is -2.21. The van der Waals surface area contributed by atoms with Crippen LogP contribution in [0.25, 0.3) is 0 Å². The molecule has 4 heteroatoms. The number of nitrogens with one attached hydrogen (secondary N) is 2. The van der Waals surface area contributed by atoms with Crippen LogP contribution in [0.5, 0.6) is 5.75 Å². The lowest BCUT2D eigenvalue weighted by atomic mass is 10.1. The minimum atomic E-state index is 0.536. The zero-order chi connectivity index (χ0) is 13.0. The maximum absolute atomic E-state index is 5.47. The van der Waals surface area contributed by atoms with E-state index in [2.05, 4.69) is 39.6 Å². The third kappa shape index (κ3) is 3.39. The molecule has 1 fully saturated rings. The second kappa shape index (κ2) is 6.43. The summed E-state index contributed by atoms with van der Waals surface area (Å²) < 4.78 is 6.53. The second-order valence-electron chi connectivity index (χ2n) is 4.82. The van der Waals surface area contributed by atoms with Gasteiger partial charge in [-0.3, -0.25) is 0 Å². The molecule has 0 saturated carbocycles. The number of anilines is 1. The third-order valence-corrected chi connectivity index (χ3v) is 3.87. The molecule has 0 aliphatic carbocycles. The molecule has 1 aliphatic rings. The van der Waals surface area contributed by atoms with E-state index in [1.54, 1.807) is 7.11 Å². The average Bonchev–Trinajstić information content (AvgIpc) is 2.60. The number of halogens is 1. The first-order chi connectivity index (χ1) is 8.70. The molecule has 1 heterocycles. The van der Waals surface area contributed by atoms with Gasteiger partial charge < -0.3 is 15.4 Å². The first-order valence-electron chi connectivity index (χ1n) is 6.52. The fourth-order valence-electron chi connectivity index (χ4n) is 2.43. The Morgan fingerprint density at radius 3 is 2.94 bits per heavy atom. The number of benzene rings is 1. The smallest absolute Gasteiger partial charge is 0.143 e. The molecule has 2 rings (SSSR count). The second-order valence-corrected chi connectivity index (χ2v) is 5.74. The highest BCUT2D eigenvalue weighted by atomic mass is 79.9. The van der Waals surface area contributed by atoms with Gasteiger partial charge in [-0.15, -0.1) is 0 Å². The Morgan fingerprint density at radius 1 is 1.33 bits per heavy atom. The summed E-state index contributed by atoms with van der Waals surface area (Å²) in [6.45, 7) is 4.34. The normalized spacial score (nSPS) is 20.3. The fraction of sp³-hybridized carbons (Fsp3) is 0.571. The lowest BCUT2D eigenvalue weighted by molar-refractivity contribution is 0.415. The Hall–Kier alpha value is -0.740. The molecular weight excluding hydrogens is 292 g/mol. The summed E-state index contributed by atoms with van der Waals surface area (Å²) in [5, 5.41) is 7.09. The van der Waals surface area contributed by atoms with Gasteiger partial charge in [0.05, 0.1) is 12.8 Å². The molecule has 1 atom stereocenters. The predicted molar refractivity (Wildman–Crippen MR) is 79.6 cm³/mol. The fourth-order valence-corrected chi connectivity index (χ4v) is 2.98. The van der Waals surface area contributed by atoms with E-state index in [-0.39, 0.29) is 0 Å². The van der Waals surface area contributed by atoms with E-state index in [0.29, 0.717) is 6.04 Å². The van der Waals surface area contributed by atoms with Gasteiger partial charge in [0.2, 0.25) is 0 Å². The molecule has 0 aromatic heterocycles. The zero-order valence-corrected chi connectivity index (χ0v) is 12.6. The molecule has 0 radical (unpaired) electrons. The summed E-state index contributed by atoms with van der Waals surface area (Å²) >= 11 is 3.51. The van der Waals surface area contributed by atoms with Crippen LogP contribution >= 0.6 is 15.9 Å². The Labute approximate surface area is 117 Å². The monoisotopic (exact) mass is 312 g/mol. The number of ether oxygens (including phenoxy) is 1. The summed E-state index contributed by atoms with van der Waals surface area (Å²) in [6.07, 6.45) is 3.61. The molecule has 1 aromatic rings. The first kappa shape index (κ1) is 13.7. The zero-order valence-electron chi connectivity index (χ0n) is 11.1. The highest BCUT2D eigenvalue weighted by Gasteiger charge is 2.15. The summed E-state index contributed by atoms with van der Waals surface area (Å²) in [5.74, 6) is 0.916. The van der Waals surface area contributed by atoms with Crippen LogP contribution in [0.1, 0.15) is 24.8 Å². The highest BCUT2D eigenvalue weighted by Crippen LogP contribution is 2.33. The number of methoxy groups -OCH3 is 1. The molecule has 18 heavy (non-hydrogen) atoms. The van der Waals surface area contributed by atoms with Crippen LogP contribution in [0.4, 0.5) is 5.69 Å². The van der Waals surface area contributed by atoms with Crippen molar-refractivity contribution in [2.24, 2.45) is 0 Å². The Kier molecular flexibility index (Phi) is 4.89. The molecule has 0 bridgehead atoms. The van der Waals surface area contributed by atoms with Gasteiger partial charge in [-0.2, -0.15) is 0 Å². The van der Waals surface area contributed by atoms with Crippen molar-refractivity contribution in [2.75, 3.05) is 25.5 Å². The van der Waals surface area contributed by atoms with Crippen LogP contribution in [-0.4, -0.2) is 26.2 Å². The topological polar surface area (TPSA) is 33.3 Å². The Morgan fingerprint density at radius 2 is 2.17 bits per heavy atom. The molecule has 2 N–H and O–H groups in total. The summed E-state index contributed by atoms with van der Waals surface area (Å²) in [7, 11) is 1.72. The largest absolute Gasteiger partial charge is 0.495 e. The Bertz CT molecular complexity index is 401. The van der Waals surface area contributed by atoms with Crippen molar-refractivity contribution in [3.63, 3.8) is 0 Å². The van der Waals surface area contributed by atoms with Gasteiger partial charge in [0.25, 0.3) is 0 Å². The van der Waals surface area contributed by atoms with Crippen molar-refractivity contribution < 1.29 is 4.74 Å². The Balaban J connectivity index is 2.16. The van der Waals surface area contributed by atoms with Crippen LogP contribution in [0, 0.1) is 6.92 Å². The summed E-state index contributed by atoms with van der Waals surface area (Å²) in [4.78, 5) is 0. The number of rotatable bonds is 3. The molecule has 0 spiro atoms. The van der Waals surface area contributed by atoms with Gasteiger partial charge in [-0.05, 0) is 57.0 Å². The van der Waals surface area contributed by atoms with Crippen molar-refractivity contribution in [1.82, 2.24) is 5.32 Å². The van der Waals surface area contributed by atoms with Gasteiger partial charge in [0.15, 0.2) is 0 Å². The number of hydrogen-bond donors (Lipinski definition) is 2. The SMILES string of the molecule is COc1cc(Br)cc(C)c1NC1CCCNCC1. The first-order valence-corrected chi connectivity index (χ1v) is 7.31. The van der Waals surface area contributed by atoms with Crippen molar-refractivity contribution in [2.45, 2.75) is 32.2 Å². The summed E-state index contributed by atoms with van der Waals surface area (Å²) in [6, 6.07) is 4.68. The summed E-state index contributed by atoms with van der Waals surface area (Å²) in [5.41, 5.74) is 2.35. The van der Waals surface area contributed by atoms with E-state index in [9.17, 15) is 0 Å². The van der Waals surface area contributed by atoms with Gasteiger partial charge in [-0.25, -0.2) is 0 Å². The maximum atomic E-state index is 5.47. The molecule has 1 aromatic carbocycles. The van der Waals surface area contributed by atoms with E-state index in [0.717, 1.165) is 29.0 Å². The number of hydrogen-bond acceptors (Lipinski definition) is 3. The van der Waals surface area contributed by atoms with Crippen LogP contribution in [-0.2, 0) is 0 Å². The van der Waals surface area contributed by atoms with Gasteiger partial charge in [0.1, 0.15) is 5.75 Å². The minimum absolute atomic E-state index is 0.536. The quantitative estimate of drug-likeness (QED) is 0.898. The van der Waals surface area contributed by atoms with E-state index in [1.165, 1.54) is 24.8 Å². The van der Waals surface area contributed by atoms with Crippen LogP contribution in [0.15, 0.2) is 16.6 Å². The van der Waals surface area contributed by atoms with E-state index in [4.69, 9.17) is 4.74 Å². The van der Waals surface area contributed by atoms with Crippen molar-refractivity contribution in [3.8, 4) is 5.75 Å². The predicted octanol–water partition coefficient (Wildman–Crippen LogP) is 3.32. The van der Waals surface area contributed by atoms with E-state index >= 15 is 0 Å². The lowest BCUT2D eigenvalue weighted by Crippen LogP contribution is -2.22. The van der Waals surface area contributed by atoms with Gasteiger partial charge in [-0.1, -0.05) is 15.9 Å². The van der Waals surface area contributed by atoms with Crippen molar-refractivity contribution in [1.29, 1.82) is 0 Å². The molecule has 0 amide bonds. The average molecular weight is 313 g/mol.